The van der Waals surface area contributed by atoms with Gasteiger partial charge < -0.3 is 15.4 Å². The van der Waals surface area contributed by atoms with Crippen LogP contribution in [0.15, 0.2) is 47.4 Å². The number of hydrogen-bond acceptors (Lipinski definition) is 5. The third kappa shape index (κ3) is 5.54. The zero-order chi connectivity index (χ0) is 20.9. The Balaban J connectivity index is 2.09. The molecule has 2 rings (SSSR count). The molecule has 0 aromatic heterocycles. The molecule has 0 aliphatic carbocycles. The molecule has 0 bridgehead atoms. The molecule has 0 saturated heterocycles. The molecule has 2 amide bonds. The number of nitrogens with one attached hydrogen (secondary N) is 3. The van der Waals surface area contributed by atoms with Gasteiger partial charge in [0, 0.05) is 18.3 Å². The predicted octanol–water partition coefficient (Wildman–Crippen LogP) is 2.27. The van der Waals surface area contributed by atoms with E-state index in [0.29, 0.717) is 22.7 Å². The number of benzene rings is 2. The van der Waals surface area contributed by atoms with E-state index in [0.717, 1.165) is 0 Å². The van der Waals surface area contributed by atoms with Crippen molar-refractivity contribution in [2.24, 2.45) is 0 Å². The number of methoxy groups -OCH3 is 1. The van der Waals surface area contributed by atoms with E-state index < -0.39 is 22.0 Å². The van der Waals surface area contributed by atoms with Gasteiger partial charge in [-0.3, -0.25) is 9.59 Å². The molecule has 28 heavy (non-hydrogen) atoms. The first-order valence-corrected chi connectivity index (χ1v) is 9.96. The largest absolute Gasteiger partial charge is 0.496 e. The van der Waals surface area contributed by atoms with Crippen LogP contribution in [0.2, 0.25) is 0 Å². The molecule has 0 aliphatic heterocycles. The zero-order valence-electron chi connectivity index (χ0n) is 16.1. The van der Waals surface area contributed by atoms with Gasteiger partial charge >= 0.3 is 0 Å². The first-order valence-electron chi connectivity index (χ1n) is 8.48. The summed E-state index contributed by atoms with van der Waals surface area (Å²) in [5.74, 6) is -0.197. The summed E-state index contributed by atoms with van der Waals surface area (Å²) in [4.78, 5) is 23.5. The van der Waals surface area contributed by atoms with Gasteiger partial charge in [0.25, 0.3) is 0 Å². The van der Waals surface area contributed by atoms with Gasteiger partial charge in [-0.2, -0.15) is 4.72 Å². The molecule has 1 atom stereocenters. The second kappa shape index (κ2) is 8.85. The maximum Gasteiger partial charge on any atom is 0.242 e. The van der Waals surface area contributed by atoms with Gasteiger partial charge in [-0.25, -0.2) is 8.42 Å². The van der Waals surface area contributed by atoms with E-state index in [1.165, 1.54) is 33.1 Å². The van der Waals surface area contributed by atoms with Crippen molar-refractivity contribution in [1.29, 1.82) is 0 Å². The molecule has 2 aromatic rings. The van der Waals surface area contributed by atoms with Crippen LogP contribution < -0.4 is 20.1 Å². The number of hydrogen-bond donors (Lipinski definition) is 3. The molecule has 0 unspecified atom stereocenters. The number of aryl methyl sites for hydroxylation is 1. The first-order chi connectivity index (χ1) is 13.1. The number of carbonyl (C=O) groups is 2. The summed E-state index contributed by atoms with van der Waals surface area (Å²) in [5, 5.41) is 5.23. The minimum Gasteiger partial charge on any atom is -0.496 e. The van der Waals surface area contributed by atoms with Crippen molar-refractivity contribution in [2.45, 2.75) is 31.7 Å². The van der Waals surface area contributed by atoms with Gasteiger partial charge in [-0.1, -0.05) is 6.07 Å². The van der Waals surface area contributed by atoms with Crippen LogP contribution in [-0.2, 0) is 19.6 Å². The minimum absolute atomic E-state index is 0.0399. The number of carbonyl (C=O) groups excluding carboxylic acids is 2. The van der Waals surface area contributed by atoms with Crippen LogP contribution in [-0.4, -0.2) is 33.4 Å². The molecule has 0 heterocycles. The number of ether oxygens (including phenoxy) is 1. The van der Waals surface area contributed by atoms with Crippen LogP contribution in [0.25, 0.3) is 0 Å². The highest BCUT2D eigenvalue weighted by Gasteiger charge is 2.23. The molecular formula is C19H23N3O5S. The average molecular weight is 405 g/mol. The lowest BCUT2D eigenvalue weighted by molar-refractivity contribution is -0.117. The molecule has 0 spiro atoms. The minimum atomic E-state index is -3.89. The Hall–Kier alpha value is -2.91. The second-order valence-corrected chi connectivity index (χ2v) is 7.94. The predicted molar refractivity (Wildman–Crippen MR) is 107 cm³/mol. The summed E-state index contributed by atoms with van der Waals surface area (Å²) in [5.41, 5.74) is 1.62. The number of amides is 2. The third-order valence-corrected chi connectivity index (χ3v) is 5.39. The summed E-state index contributed by atoms with van der Waals surface area (Å²) < 4.78 is 32.6. The average Bonchev–Trinajstić information content (AvgIpc) is 2.61. The number of rotatable bonds is 7. The van der Waals surface area contributed by atoms with Gasteiger partial charge in [-0.15, -0.1) is 0 Å². The molecule has 0 aliphatic rings. The zero-order valence-corrected chi connectivity index (χ0v) is 16.9. The van der Waals surface area contributed by atoms with E-state index >= 15 is 0 Å². The number of anilines is 2. The van der Waals surface area contributed by atoms with Crippen molar-refractivity contribution in [2.75, 3.05) is 17.7 Å². The molecule has 3 N–H and O–H groups in total. The summed E-state index contributed by atoms with van der Waals surface area (Å²) in [6, 6.07) is 9.98. The highest BCUT2D eigenvalue weighted by atomic mass is 32.2. The highest BCUT2D eigenvalue weighted by molar-refractivity contribution is 7.89. The molecule has 0 fully saturated rings. The molecule has 150 valence electrons. The first kappa shape index (κ1) is 21.4. The van der Waals surface area contributed by atoms with Crippen molar-refractivity contribution < 1.29 is 22.7 Å². The van der Waals surface area contributed by atoms with Crippen molar-refractivity contribution in [3.63, 3.8) is 0 Å². The molecule has 2 aromatic carbocycles. The molecule has 0 radical (unpaired) electrons. The fraction of sp³-hybridized carbons (Fsp3) is 0.263. The van der Waals surface area contributed by atoms with E-state index in [-0.39, 0.29) is 10.8 Å². The third-order valence-electron chi connectivity index (χ3n) is 3.85. The Morgan fingerprint density at radius 2 is 1.68 bits per heavy atom. The second-order valence-electron chi connectivity index (χ2n) is 6.23. The van der Waals surface area contributed by atoms with Crippen molar-refractivity contribution in [3.05, 3.63) is 48.0 Å². The van der Waals surface area contributed by atoms with Gasteiger partial charge in [0.15, 0.2) is 0 Å². The van der Waals surface area contributed by atoms with Crippen molar-refractivity contribution >= 4 is 33.2 Å². The fourth-order valence-corrected chi connectivity index (χ4v) is 3.79. The lowest BCUT2D eigenvalue weighted by atomic mass is 10.2. The van der Waals surface area contributed by atoms with Crippen LogP contribution in [0.4, 0.5) is 11.4 Å². The summed E-state index contributed by atoms with van der Waals surface area (Å²) in [6.07, 6.45) is 0. The van der Waals surface area contributed by atoms with Crippen molar-refractivity contribution in [3.8, 4) is 5.75 Å². The van der Waals surface area contributed by atoms with Crippen LogP contribution >= 0.6 is 0 Å². The van der Waals surface area contributed by atoms with Crippen LogP contribution in [0, 0.1) is 6.92 Å². The molecule has 0 saturated carbocycles. The lowest BCUT2D eigenvalue weighted by Crippen LogP contribution is -2.41. The van der Waals surface area contributed by atoms with E-state index in [2.05, 4.69) is 15.4 Å². The smallest absolute Gasteiger partial charge is 0.242 e. The van der Waals surface area contributed by atoms with E-state index in [4.69, 9.17) is 4.74 Å². The SMILES string of the molecule is COc1ccc(S(=O)(=O)N[C@@H](C)C(=O)Nc2cccc(NC(C)=O)c2)cc1C. The quantitative estimate of drug-likeness (QED) is 0.654. The Morgan fingerprint density at radius 3 is 2.25 bits per heavy atom. The highest BCUT2D eigenvalue weighted by Crippen LogP contribution is 2.21. The molecule has 8 nitrogen and oxygen atoms in total. The van der Waals surface area contributed by atoms with E-state index in [1.807, 2.05) is 0 Å². The number of sulfonamides is 1. The van der Waals surface area contributed by atoms with Gasteiger partial charge in [0.2, 0.25) is 21.8 Å². The van der Waals surface area contributed by atoms with E-state index in [9.17, 15) is 18.0 Å². The Bertz CT molecular complexity index is 989. The standard InChI is InChI=1S/C19H23N3O5S/c1-12-10-17(8-9-18(12)27-4)28(25,26)22-13(2)19(24)21-16-7-5-6-15(11-16)20-14(3)23/h5-11,13,22H,1-4H3,(H,20,23)(H,21,24)/t13-/m0/s1. The maximum atomic E-state index is 12.5. The lowest BCUT2D eigenvalue weighted by Gasteiger charge is -2.16. The maximum absolute atomic E-state index is 12.5. The Kier molecular flexibility index (Phi) is 6.76. The summed E-state index contributed by atoms with van der Waals surface area (Å²) in [6.45, 7) is 4.56. The van der Waals surface area contributed by atoms with Gasteiger partial charge in [0.1, 0.15) is 5.75 Å². The topological polar surface area (TPSA) is 114 Å². The molecular weight excluding hydrogens is 382 g/mol. The summed E-state index contributed by atoms with van der Waals surface area (Å²) in [7, 11) is -2.39. The normalized spacial score (nSPS) is 12.1. The van der Waals surface area contributed by atoms with Crippen LogP contribution in [0.1, 0.15) is 19.4 Å². The monoisotopic (exact) mass is 405 g/mol. The Labute approximate surface area is 164 Å². The molecule has 9 heteroatoms. The fourth-order valence-electron chi connectivity index (χ4n) is 2.50. The van der Waals surface area contributed by atoms with Crippen LogP contribution in [0.3, 0.4) is 0 Å². The summed E-state index contributed by atoms with van der Waals surface area (Å²) >= 11 is 0. The van der Waals surface area contributed by atoms with E-state index in [1.54, 1.807) is 37.3 Å². The van der Waals surface area contributed by atoms with Gasteiger partial charge in [0.05, 0.1) is 18.0 Å². The van der Waals surface area contributed by atoms with Crippen molar-refractivity contribution in [1.82, 2.24) is 4.72 Å². The Morgan fingerprint density at radius 1 is 1.04 bits per heavy atom. The van der Waals surface area contributed by atoms with Gasteiger partial charge in [-0.05, 0) is 55.8 Å². The van der Waals surface area contributed by atoms with Crippen LogP contribution in [0.5, 0.6) is 5.75 Å².